The van der Waals surface area contributed by atoms with Gasteiger partial charge in [-0.3, -0.25) is 4.79 Å². The highest BCUT2D eigenvalue weighted by molar-refractivity contribution is 5.74. The molecular weight excluding hydrogens is 260 g/mol. The van der Waals surface area contributed by atoms with Crippen LogP contribution in [0, 0.1) is 12.3 Å². The zero-order valence-corrected chi connectivity index (χ0v) is 11.6. The number of carboxylic acids is 1. The normalized spacial score (nSPS) is 16.2. The van der Waals surface area contributed by atoms with Crippen LogP contribution in [0.1, 0.15) is 37.2 Å². The van der Waals surface area contributed by atoms with Gasteiger partial charge in [0, 0.05) is 6.54 Å². The third-order valence-electron chi connectivity index (χ3n) is 3.78. The number of carbonyl (C=O) groups excluding carboxylic acids is 1. The van der Waals surface area contributed by atoms with Crippen LogP contribution in [0.5, 0.6) is 0 Å². The van der Waals surface area contributed by atoms with Crippen molar-refractivity contribution in [2.45, 2.75) is 39.2 Å². The highest BCUT2D eigenvalue weighted by Gasteiger charge is 2.39. The van der Waals surface area contributed by atoms with E-state index in [1.54, 1.807) is 0 Å². The van der Waals surface area contributed by atoms with E-state index < -0.39 is 5.97 Å². The molecule has 0 bridgehead atoms. The molecule has 6 heteroatoms. The lowest BCUT2D eigenvalue weighted by molar-refractivity contribution is -0.141. The number of aryl methyl sites for hydroxylation is 1. The molecule has 0 unspecified atom stereocenters. The predicted octanol–water partition coefficient (Wildman–Crippen LogP) is 2.03. The Morgan fingerprint density at radius 1 is 1.35 bits per heavy atom. The first-order valence-corrected chi connectivity index (χ1v) is 6.78. The summed E-state index contributed by atoms with van der Waals surface area (Å²) in [6, 6.07) is 3.36. The summed E-state index contributed by atoms with van der Waals surface area (Å²) < 4.78 is 5.34. The molecule has 6 nitrogen and oxygen atoms in total. The van der Waals surface area contributed by atoms with Crippen LogP contribution in [0.25, 0.3) is 0 Å². The minimum Gasteiger partial charge on any atom is -0.481 e. The second-order valence-corrected chi connectivity index (χ2v) is 5.47. The third kappa shape index (κ3) is 3.76. The van der Waals surface area contributed by atoms with Gasteiger partial charge in [-0.25, -0.2) is 4.79 Å². The summed E-state index contributed by atoms with van der Waals surface area (Å²) >= 11 is 0. The van der Waals surface area contributed by atoms with Gasteiger partial charge in [0.25, 0.3) is 0 Å². The number of rotatable bonds is 6. The van der Waals surface area contributed by atoms with Gasteiger partial charge in [0.15, 0.2) is 0 Å². The van der Waals surface area contributed by atoms with Crippen molar-refractivity contribution in [3.63, 3.8) is 0 Å². The second-order valence-electron chi connectivity index (χ2n) is 5.47. The van der Waals surface area contributed by atoms with E-state index in [1.165, 1.54) is 0 Å². The predicted molar refractivity (Wildman–Crippen MR) is 72.2 cm³/mol. The standard InChI is InChI=1S/C14H20N2O4/c1-10-3-4-11(20-10)8-15-13(19)16-9-14(5-2-6-14)7-12(17)18/h3-4H,2,5-9H2,1H3,(H,17,18)(H2,15,16,19). The van der Waals surface area contributed by atoms with Gasteiger partial charge in [0.05, 0.1) is 13.0 Å². The van der Waals surface area contributed by atoms with Crippen molar-refractivity contribution in [3.8, 4) is 0 Å². The first-order chi connectivity index (χ1) is 9.49. The lowest BCUT2D eigenvalue weighted by atomic mass is 9.66. The fraction of sp³-hybridized carbons (Fsp3) is 0.571. The van der Waals surface area contributed by atoms with Crippen LogP contribution in [0.4, 0.5) is 4.79 Å². The van der Waals surface area contributed by atoms with Crippen LogP contribution in [0.3, 0.4) is 0 Å². The molecule has 1 saturated carbocycles. The lowest BCUT2D eigenvalue weighted by Crippen LogP contribution is -2.46. The Labute approximate surface area is 117 Å². The Balaban J connectivity index is 1.73. The minimum atomic E-state index is -0.807. The van der Waals surface area contributed by atoms with Crippen molar-refractivity contribution in [2.75, 3.05) is 6.54 Å². The SMILES string of the molecule is Cc1ccc(CNC(=O)NCC2(CC(=O)O)CCC2)o1. The molecule has 1 aromatic rings. The van der Waals surface area contributed by atoms with Crippen molar-refractivity contribution in [3.05, 3.63) is 23.7 Å². The zero-order chi connectivity index (χ0) is 14.6. The number of carboxylic acid groups (broad SMARTS) is 1. The summed E-state index contributed by atoms with van der Waals surface area (Å²) in [6.45, 7) is 2.57. The van der Waals surface area contributed by atoms with Crippen molar-refractivity contribution in [1.29, 1.82) is 0 Å². The van der Waals surface area contributed by atoms with E-state index in [0.29, 0.717) is 18.8 Å². The molecule has 1 heterocycles. The van der Waals surface area contributed by atoms with E-state index in [0.717, 1.165) is 25.0 Å². The van der Waals surface area contributed by atoms with E-state index in [4.69, 9.17) is 9.52 Å². The van der Waals surface area contributed by atoms with E-state index in [1.807, 2.05) is 19.1 Å². The maximum Gasteiger partial charge on any atom is 0.315 e. The molecule has 0 aromatic carbocycles. The second kappa shape index (κ2) is 5.98. The van der Waals surface area contributed by atoms with Gasteiger partial charge >= 0.3 is 12.0 Å². The zero-order valence-electron chi connectivity index (χ0n) is 11.6. The topological polar surface area (TPSA) is 91.6 Å². The fourth-order valence-electron chi connectivity index (χ4n) is 2.49. The van der Waals surface area contributed by atoms with Crippen molar-refractivity contribution < 1.29 is 19.1 Å². The molecule has 0 spiro atoms. The van der Waals surface area contributed by atoms with Crippen LogP contribution in [0.2, 0.25) is 0 Å². The molecule has 0 atom stereocenters. The Kier molecular flexibility index (Phi) is 4.32. The van der Waals surface area contributed by atoms with Crippen molar-refractivity contribution >= 4 is 12.0 Å². The monoisotopic (exact) mass is 280 g/mol. The highest BCUT2D eigenvalue weighted by atomic mass is 16.4. The van der Waals surface area contributed by atoms with Crippen molar-refractivity contribution in [2.24, 2.45) is 5.41 Å². The summed E-state index contributed by atoms with van der Waals surface area (Å²) in [7, 11) is 0. The number of carbonyl (C=O) groups is 2. The van der Waals surface area contributed by atoms with Gasteiger partial charge in [-0.1, -0.05) is 6.42 Å². The number of aliphatic carboxylic acids is 1. The van der Waals surface area contributed by atoms with Gasteiger partial charge in [0.2, 0.25) is 0 Å². The van der Waals surface area contributed by atoms with Crippen LogP contribution >= 0.6 is 0 Å². The molecule has 0 aliphatic heterocycles. The molecule has 2 rings (SSSR count). The van der Waals surface area contributed by atoms with E-state index in [9.17, 15) is 9.59 Å². The summed E-state index contributed by atoms with van der Waals surface area (Å²) in [5.41, 5.74) is -0.259. The van der Waals surface area contributed by atoms with E-state index in [-0.39, 0.29) is 17.9 Å². The molecule has 0 saturated heterocycles. The highest BCUT2D eigenvalue weighted by Crippen LogP contribution is 2.43. The number of furan rings is 1. The van der Waals surface area contributed by atoms with Gasteiger partial charge in [-0.05, 0) is 37.3 Å². The molecule has 1 aliphatic rings. The van der Waals surface area contributed by atoms with E-state index in [2.05, 4.69) is 10.6 Å². The number of nitrogens with one attached hydrogen (secondary N) is 2. The Morgan fingerprint density at radius 3 is 2.60 bits per heavy atom. The first-order valence-electron chi connectivity index (χ1n) is 6.78. The van der Waals surface area contributed by atoms with Gasteiger partial charge < -0.3 is 20.2 Å². The molecule has 110 valence electrons. The quantitative estimate of drug-likeness (QED) is 0.743. The molecular formula is C14H20N2O4. The largest absolute Gasteiger partial charge is 0.481 e. The third-order valence-corrected chi connectivity index (χ3v) is 3.78. The van der Waals surface area contributed by atoms with E-state index >= 15 is 0 Å². The number of hydrogen-bond donors (Lipinski definition) is 3. The number of amides is 2. The van der Waals surface area contributed by atoms with Crippen LogP contribution in [-0.2, 0) is 11.3 Å². The maximum absolute atomic E-state index is 11.7. The Hall–Kier alpha value is -1.98. The molecule has 2 amide bonds. The molecule has 20 heavy (non-hydrogen) atoms. The summed E-state index contributed by atoms with van der Waals surface area (Å²) in [6.07, 6.45) is 2.86. The fourth-order valence-corrected chi connectivity index (χ4v) is 2.49. The summed E-state index contributed by atoms with van der Waals surface area (Å²) in [4.78, 5) is 22.5. The van der Waals surface area contributed by atoms with Crippen LogP contribution in [-0.4, -0.2) is 23.7 Å². The first kappa shape index (κ1) is 14.4. The van der Waals surface area contributed by atoms with Gasteiger partial charge in [0.1, 0.15) is 11.5 Å². The summed E-state index contributed by atoms with van der Waals surface area (Å²) in [5.74, 6) is 0.691. The lowest BCUT2D eigenvalue weighted by Gasteiger charge is -2.40. The average molecular weight is 280 g/mol. The number of urea groups is 1. The summed E-state index contributed by atoms with van der Waals surface area (Å²) in [5, 5.41) is 14.3. The van der Waals surface area contributed by atoms with Crippen LogP contribution < -0.4 is 10.6 Å². The smallest absolute Gasteiger partial charge is 0.315 e. The Bertz CT molecular complexity index is 491. The molecule has 3 N–H and O–H groups in total. The maximum atomic E-state index is 11.7. The van der Waals surface area contributed by atoms with Gasteiger partial charge in [-0.2, -0.15) is 0 Å². The van der Waals surface area contributed by atoms with Crippen molar-refractivity contribution in [1.82, 2.24) is 10.6 Å². The molecule has 1 fully saturated rings. The average Bonchev–Trinajstić information content (AvgIpc) is 2.75. The minimum absolute atomic E-state index is 0.116. The molecule has 1 aromatic heterocycles. The molecule has 1 aliphatic carbocycles. The Morgan fingerprint density at radius 2 is 2.10 bits per heavy atom. The van der Waals surface area contributed by atoms with Crippen LogP contribution in [0.15, 0.2) is 16.5 Å². The number of hydrogen-bond acceptors (Lipinski definition) is 3. The van der Waals surface area contributed by atoms with Gasteiger partial charge in [-0.15, -0.1) is 0 Å². The molecule has 0 radical (unpaired) electrons.